The summed E-state index contributed by atoms with van der Waals surface area (Å²) in [5.74, 6) is -5.52. The Morgan fingerprint density at radius 3 is 2.31 bits per heavy atom. The minimum Gasteiger partial charge on any atom is -0.364 e. The van der Waals surface area contributed by atoms with Crippen molar-refractivity contribution in [2.75, 3.05) is 11.9 Å². The van der Waals surface area contributed by atoms with Crippen molar-refractivity contribution >= 4 is 21.7 Å². The second kappa shape index (κ2) is 11.8. The molecule has 1 fully saturated rings. The van der Waals surface area contributed by atoms with Crippen LogP contribution in [0.5, 0.6) is 0 Å². The molecule has 4 aromatic rings. The summed E-state index contributed by atoms with van der Waals surface area (Å²) in [5.41, 5.74) is 5.64. The number of sulfonamides is 1. The van der Waals surface area contributed by atoms with E-state index in [0.717, 1.165) is 36.4 Å². The number of rotatable bonds is 9. The number of quaternary nitrogens is 1. The molecule has 2 aromatic heterocycles. The number of benzene rings is 2. The van der Waals surface area contributed by atoms with Gasteiger partial charge in [-0.05, 0) is 60.7 Å². The van der Waals surface area contributed by atoms with Gasteiger partial charge in [0.25, 0.3) is 5.91 Å². The van der Waals surface area contributed by atoms with Gasteiger partial charge in [-0.15, -0.1) is 0 Å². The largest absolute Gasteiger partial charge is 0.416 e. The van der Waals surface area contributed by atoms with Gasteiger partial charge in [-0.3, -0.25) is 9.78 Å². The highest BCUT2D eigenvalue weighted by Crippen LogP contribution is 2.45. The summed E-state index contributed by atoms with van der Waals surface area (Å²) in [6.45, 7) is -1.87. The van der Waals surface area contributed by atoms with Gasteiger partial charge >= 0.3 is 22.1 Å². The third-order valence-electron chi connectivity index (χ3n) is 7.50. The maximum Gasteiger partial charge on any atom is 0.416 e. The van der Waals surface area contributed by atoms with Crippen LogP contribution in [0.3, 0.4) is 0 Å². The number of nitrogens with zero attached hydrogens (tertiary/aromatic N) is 3. The molecule has 236 valence electrons. The molecule has 1 saturated heterocycles. The molecule has 8 nitrogen and oxygen atoms in total. The molecule has 0 aliphatic carbocycles. The SMILES string of the molecule is NC(=O)[C@@H]1CC(F)(F)C[N+]1(Cc1cc(NCc2ccccn2)nc(-c2ccc(C(F)(F)F)cc2)c1)S(=O)(=O)c1ccc(F)cc1. The highest BCUT2D eigenvalue weighted by molar-refractivity contribution is 7.86. The van der Waals surface area contributed by atoms with Gasteiger partial charge in [0.1, 0.15) is 23.1 Å². The average molecular weight is 651 g/mol. The van der Waals surface area contributed by atoms with Crippen LogP contribution in [0.25, 0.3) is 11.3 Å². The summed E-state index contributed by atoms with van der Waals surface area (Å²) in [6.07, 6.45) is -4.19. The molecule has 3 heterocycles. The molecule has 45 heavy (non-hydrogen) atoms. The lowest BCUT2D eigenvalue weighted by molar-refractivity contribution is -0.827. The molecule has 1 amide bonds. The Kier molecular flexibility index (Phi) is 8.35. The van der Waals surface area contributed by atoms with E-state index in [9.17, 15) is 30.8 Å². The molecule has 0 radical (unpaired) electrons. The van der Waals surface area contributed by atoms with Gasteiger partial charge in [-0.25, -0.2) is 18.2 Å². The van der Waals surface area contributed by atoms with Gasteiger partial charge in [-0.2, -0.15) is 25.5 Å². The number of amides is 1. The fourth-order valence-corrected chi connectivity index (χ4v) is 7.50. The van der Waals surface area contributed by atoms with Crippen molar-refractivity contribution in [2.45, 2.75) is 42.5 Å². The first kappa shape index (κ1) is 31.9. The van der Waals surface area contributed by atoms with Crippen molar-refractivity contribution in [3.05, 3.63) is 108 Å². The lowest BCUT2D eigenvalue weighted by atomic mass is 10.1. The van der Waals surface area contributed by atoms with E-state index in [2.05, 4.69) is 15.3 Å². The second-order valence-corrected chi connectivity index (χ2v) is 12.8. The maximum atomic E-state index is 15.1. The smallest absolute Gasteiger partial charge is 0.364 e. The summed E-state index contributed by atoms with van der Waals surface area (Å²) in [4.78, 5) is 20.7. The highest BCUT2D eigenvalue weighted by atomic mass is 32.2. The number of alkyl halides is 5. The monoisotopic (exact) mass is 650 g/mol. The summed E-state index contributed by atoms with van der Waals surface area (Å²) in [6, 6.07) is 13.6. The molecule has 0 spiro atoms. The van der Waals surface area contributed by atoms with Crippen LogP contribution in [0.2, 0.25) is 0 Å². The number of carbonyl (C=O) groups is 1. The van der Waals surface area contributed by atoms with Crippen LogP contribution in [-0.4, -0.2) is 46.7 Å². The van der Waals surface area contributed by atoms with Crippen LogP contribution in [-0.2, 0) is 34.1 Å². The number of nitrogens with two attached hydrogens (primary N) is 1. The zero-order chi connectivity index (χ0) is 32.6. The van der Waals surface area contributed by atoms with Crippen LogP contribution in [0.15, 0.2) is 90.0 Å². The molecule has 15 heteroatoms. The lowest BCUT2D eigenvalue weighted by Crippen LogP contribution is -2.59. The topological polar surface area (TPSA) is 115 Å². The number of aromatic nitrogens is 2. The van der Waals surface area contributed by atoms with Gasteiger partial charge in [0.2, 0.25) is 0 Å². The first-order valence-electron chi connectivity index (χ1n) is 13.5. The Morgan fingerprint density at radius 1 is 1.02 bits per heavy atom. The van der Waals surface area contributed by atoms with E-state index in [0.29, 0.717) is 5.69 Å². The Hall–Kier alpha value is -4.50. The van der Waals surface area contributed by atoms with Gasteiger partial charge in [0.05, 0.1) is 29.9 Å². The van der Waals surface area contributed by atoms with Crippen LogP contribution in [0.4, 0.5) is 32.2 Å². The van der Waals surface area contributed by atoms with Crippen molar-refractivity contribution in [2.24, 2.45) is 5.73 Å². The predicted molar refractivity (Wildman–Crippen MR) is 151 cm³/mol. The fourth-order valence-electron chi connectivity index (χ4n) is 5.41. The number of carbonyl (C=O) groups excluding carboxylic acids is 1. The molecule has 3 N–H and O–H groups in total. The van der Waals surface area contributed by atoms with Crippen LogP contribution < -0.4 is 11.1 Å². The third kappa shape index (κ3) is 6.63. The molecule has 5 rings (SSSR count). The molecule has 0 saturated carbocycles. The van der Waals surface area contributed by atoms with Gasteiger partial charge < -0.3 is 11.1 Å². The van der Waals surface area contributed by atoms with Gasteiger partial charge in [0.15, 0.2) is 12.6 Å². The molecule has 1 unspecified atom stereocenters. The number of nitrogens with one attached hydrogen (secondary N) is 1. The van der Waals surface area contributed by atoms with Crippen LogP contribution >= 0.6 is 0 Å². The number of primary amides is 1. The van der Waals surface area contributed by atoms with E-state index >= 15 is 8.78 Å². The van der Waals surface area contributed by atoms with E-state index in [1.807, 2.05) is 0 Å². The van der Waals surface area contributed by atoms with Crippen molar-refractivity contribution in [3.8, 4) is 11.3 Å². The van der Waals surface area contributed by atoms with Crippen molar-refractivity contribution in [3.63, 3.8) is 0 Å². The first-order chi connectivity index (χ1) is 21.1. The molecule has 1 aliphatic heterocycles. The lowest BCUT2D eigenvalue weighted by Gasteiger charge is -2.36. The van der Waals surface area contributed by atoms with Crippen LogP contribution in [0.1, 0.15) is 23.2 Å². The molecule has 2 atom stereocenters. The summed E-state index contributed by atoms with van der Waals surface area (Å²) in [5, 5.41) is 3.02. The first-order valence-corrected chi connectivity index (χ1v) is 14.9. The normalized spacial score (nSPS) is 19.7. The summed E-state index contributed by atoms with van der Waals surface area (Å²) >= 11 is 0. The van der Waals surface area contributed by atoms with E-state index < -0.39 is 73.7 Å². The Bertz CT molecular complexity index is 1810. The Balaban J connectivity index is 1.64. The Labute approximate surface area is 254 Å². The fraction of sp³-hybridized carbons (Fsp3) is 0.233. The molecule has 1 aliphatic rings. The molecular formula is C30H26F6N5O3S+. The summed E-state index contributed by atoms with van der Waals surface area (Å²) in [7, 11) is -4.83. The van der Waals surface area contributed by atoms with E-state index in [-0.39, 0.29) is 29.2 Å². The average Bonchev–Trinajstić information content (AvgIpc) is 3.28. The Morgan fingerprint density at radius 2 is 1.71 bits per heavy atom. The van der Waals surface area contributed by atoms with Crippen LogP contribution in [0, 0.1) is 5.82 Å². The van der Waals surface area contributed by atoms with E-state index in [4.69, 9.17) is 5.73 Å². The highest BCUT2D eigenvalue weighted by Gasteiger charge is 2.65. The van der Waals surface area contributed by atoms with Crippen molar-refractivity contribution in [1.82, 2.24) is 9.97 Å². The van der Waals surface area contributed by atoms with Crippen molar-refractivity contribution in [1.29, 1.82) is 0 Å². The quantitative estimate of drug-likeness (QED) is 0.182. The standard InChI is InChI=1S/C30H25F6N5O3S/c31-22-8-10-24(11-9-22)45(43,44)41(18-29(32,33)15-26(41)28(37)42)17-19-13-25(20-4-6-21(7-5-20)30(34,35)36)40-27(14-19)39-16-23-3-1-2-12-38-23/h1-14,26H,15-18H2,(H2-,37,39,40,42)/p+1/t26-,41?/m0/s1. The minimum absolute atomic E-state index is 0.101. The number of pyridine rings is 2. The number of halogens is 6. The van der Waals surface area contributed by atoms with E-state index in [1.54, 1.807) is 24.4 Å². The predicted octanol–water partition coefficient (Wildman–Crippen LogP) is 5.51. The number of hydrogen-bond acceptors (Lipinski definition) is 6. The van der Waals surface area contributed by atoms with Crippen molar-refractivity contribution < 1.29 is 43.4 Å². The summed E-state index contributed by atoms with van der Waals surface area (Å²) < 4.78 is 110. The molecular weight excluding hydrogens is 624 g/mol. The number of anilines is 1. The van der Waals surface area contributed by atoms with Gasteiger partial charge in [-0.1, -0.05) is 18.2 Å². The third-order valence-corrected chi connectivity index (χ3v) is 9.84. The maximum absolute atomic E-state index is 15.1. The zero-order valence-corrected chi connectivity index (χ0v) is 24.1. The molecule has 0 bridgehead atoms. The number of likely N-dealkylation sites (tertiary alicyclic amines) is 1. The zero-order valence-electron chi connectivity index (χ0n) is 23.3. The van der Waals surface area contributed by atoms with E-state index in [1.165, 1.54) is 24.3 Å². The molecule has 2 aromatic carbocycles. The van der Waals surface area contributed by atoms with Gasteiger partial charge in [0, 0.05) is 17.3 Å². The second-order valence-electron chi connectivity index (χ2n) is 10.7. The minimum atomic E-state index is -4.83. The number of hydrogen-bond donors (Lipinski definition) is 2.